The number of nitrogens with zero attached hydrogens (tertiary/aromatic N) is 2. The second-order valence-electron chi connectivity index (χ2n) is 6.54. The van der Waals surface area contributed by atoms with Crippen molar-refractivity contribution < 1.29 is 32.6 Å². The monoisotopic (exact) mass is 447 g/mol. The molecule has 170 valence electrons. The lowest BCUT2D eigenvalue weighted by molar-refractivity contribution is -0.144. The second kappa shape index (κ2) is 10.6. The van der Waals surface area contributed by atoms with Crippen LogP contribution in [0, 0.1) is 0 Å². The molecule has 0 unspecified atom stereocenters. The van der Waals surface area contributed by atoms with E-state index in [-0.39, 0.29) is 16.9 Å². The number of benzene rings is 2. The van der Waals surface area contributed by atoms with Crippen LogP contribution in [0.2, 0.25) is 0 Å². The second-order valence-corrected chi connectivity index (χ2v) is 6.54. The number of aromatic nitrogens is 2. The van der Waals surface area contributed by atoms with Crippen molar-refractivity contribution in [2.24, 2.45) is 0 Å². The van der Waals surface area contributed by atoms with Gasteiger partial charge in [-0.25, -0.2) is 4.98 Å². The van der Waals surface area contributed by atoms with Crippen molar-refractivity contribution >= 4 is 22.9 Å². The molecule has 0 fully saturated rings. The summed E-state index contributed by atoms with van der Waals surface area (Å²) in [5, 5.41) is 2.43. The molecule has 0 saturated carbocycles. The molecule has 0 aliphatic heterocycles. The number of ether oxygens (including phenoxy) is 3. The Bertz CT molecular complexity index is 1100. The van der Waals surface area contributed by atoms with Crippen LogP contribution < -0.4 is 14.8 Å². The minimum atomic E-state index is -2.84. The molecule has 8 nitrogen and oxygen atoms in total. The lowest BCUT2D eigenvalue weighted by atomic mass is 10.2. The summed E-state index contributed by atoms with van der Waals surface area (Å²) in [4.78, 5) is 28.5. The Hall–Kier alpha value is -3.69. The molecule has 0 saturated heterocycles. The van der Waals surface area contributed by atoms with Gasteiger partial charge in [-0.1, -0.05) is 12.1 Å². The standard InChI is InChI=1S/C22H23F2N3O5/c1-3-30-17-10-9-14(11-18(17)31-4-2)21(29)25-12-20(28)32-13-19-26-15-7-5-6-8-16(15)27(19)22(23)24/h5-11,22H,3-4,12-13H2,1-2H3,(H,25,29). The molecular weight excluding hydrogens is 424 g/mol. The highest BCUT2D eigenvalue weighted by Crippen LogP contribution is 2.28. The van der Waals surface area contributed by atoms with E-state index in [1.54, 1.807) is 37.3 Å². The van der Waals surface area contributed by atoms with E-state index >= 15 is 0 Å². The summed E-state index contributed by atoms with van der Waals surface area (Å²) in [5.41, 5.74) is 0.874. The molecule has 0 bridgehead atoms. The van der Waals surface area contributed by atoms with Crippen molar-refractivity contribution in [3.63, 3.8) is 0 Å². The topological polar surface area (TPSA) is 91.7 Å². The van der Waals surface area contributed by atoms with Crippen molar-refractivity contribution in [3.05, 3.63) is 53.9 Å². The fraction of sp³-hybridized carbons (Fsp3) is 0.318. The van der Waals surface area contributed by atoms with Gasteiger partial charge in [0.1, 0.15) is 13.2 Å². The van der Waals surface area contributed by atoms with Crippen LogP contribution in [-0.4, -0.2) is 41.2 Å². The zero-order valence-electron chi connectivity index (χ0n) is 17.6. The third-order valence-corrected chi connectivity index (χ3v) is 4.43. The van der Waals surface area contributed by atoms with Crippen LogP contribution in [0.4, 0.5) is 8.78 Å². The molecule has 0 aliphatic carbocycles. The predicted octanol–water partition coefficient (Wildman–Crippen LogP) is 3.70. The van der Waals surface area contributed by atoms with Gasteiger partial charge in [0, 0.05) is 5.56 Å². The van der Waals surface area contributed by atoms with Gasteiger partial charge in [-0.3, -0.25) is 14.2 Å². The summed E-state index contributed by atoms with van der Waals surface area (Å²) in [7, 11) is 0. The Morgan fingerprint density at radius 1 is 1.06 bits per heavy atom. The maximum Gasteiger partial charge on any atom is 0.325 e. The number of rotatable bonds is 10. The number of imidazole rings is 1. The highest BCUT2D eigenvalue weighted by molar-refractivity contribution is 5.96. The van der Waals surface area contributed by atoms with E-state index < -0.39 is 31.6 Å². The molecule has 0 aliphatic rings. The van der Waals surface area contributed by atoms with Crippen LogP contribution in [0.15, 0.2) is 42.5 Å². The molecule has 1 aromatic heterocycles. The number of halogens is 2. The average molecular weight is 447 g/mol. The van der Waals surface area contributed by atoms with Crippen molar-refractivity contribution in [1.29, 1.82) is 0 Å². The van der Waals surface area contributed by atoms with Crippen molar-refractivity contribution in [2.75, 3.05) is 19.8 Å². The van der Waals surface area contributed by atoms with E-state index in [0.717, 1.165) is 0 Å². The fourth-order valence-corrected chi connectivity index (χ4v) is 3.06. The maximum absolute atomic E-state index is 13.4. The Labute approximate surface area is 183 Å². The molecule has 1 N–H and O–H groups in total. The number of alkyl halides is 2. The first-order valence-electron chi connectivity index (χ1n) is 10.0. The number of hydrogen-bond acceptors (Lipinski definition) is 6. The van der Waals surface area contributed by atoms with Gasteiger partial charge >= 0.3 is 12.5 Å². The number of nitrogens with one attached hydrogen (secondary N) is 1. The van der Waals surface area contributed by atoms with Gasteiger partial charge in [-0.2, -0.15) is 8.78 Å². The first-order valence-corrected chi connectivity index (χ1v) is 10.0. The SMILES string of the molecule is CCOc1ccc(C(=O)NCC(=O)OCc2nc3ccccc3n2C(F)F)cc1OCC. The van der Waals surface area contributed by atoms with Crippen LogP contribution in [0.25, 0.3) is 11.0 Å². The molecule has 3 aromatic rings. The fourth-order valence-electron chi connectivity index (χ4n) is 3.06. The molecule has 1 heterocycles. The Balaban J connectivity index is 1.60. The van der Waals surface area contributed by atoms with Gasteiger partial charge in [0.25, 0.3) is 5.91 Å². The lowest BCUT2D eigenvalue weighted by Crippen LogP contribution is -2.30. The average Bonchev–Trinajstić information content (AvgIpc) is 3.16. The molecule has 2 aromatic carbocycles. The summed E-state index contributed by atoms with van der Waals surface area (Å²) in [5.74, 6) is -0.482. The summed E-state index contributed by atoms with van der Waals surface area (Å²) in [6.45, 7) is 0.738. The van der Waals surface area contributed by atoms with E-state index in [1.165, 1.54) is 12.1 Å². The molecule has 3 rings (SSSR count). The molecule has 0 spiro atoms. The summed E-state index contributed by atoms with van der Waals surface area (Å²) < 4.78 is 43.5. The summed E-state index contributed by atoms with van der Waals surface area (Å²) >= 11 is 0. The smallest absolute Gasteiger partial charge is 0.325 e. The molecule has 10 heteroatoms. The quantitative estimate of drug-likeness (QED) is 0.477. The van der Waals surface area contributed by atoms with Crippen LogP contribution in [0.5, 0.6) is 11.5 Å². The number of hydrogen-bond donors (Lipinski definition) is 1. The highest BCUT2D eigenvalue weighted by Gasteiger charge is 2.19. The Morgan fingerprint density at radius 2 is 1.78 bits per heavy atom. The van der Waals surface area contributed by atoms with E-state index in [9.17, 15) is 18.4 Å². The zero-order chi connectivity index (χ0) is 23.1. The van der Waals surface area contributed by atoms with E-state index in [4.69, 9.17) is 14.2 Å². The maximum atomic E-state index is 13.4. The minimum Gasteiger partial charge on any atom is -0.490 e. The first kappa shape index (κ1) is 23.0. The van der Waals surface area contributed by atoms with Crippen molar-refractivity contribution in [3.8, 4) is 11.5 Å². The van der Waals surface area contributed by atoms with Gasteiger partial charge in [0.2, 0.25) is 0 Å². The predicted molar refractivity (Wildman–Crippen MR) is 112 cm³/mol. The molecular formula is C22H23F2N3O5. The summed E-state index contributed by atoms with van der Waals surface area (Å²) in [6.07, 6.45) is 0. The normalized spacial score (nSPS) is 10.9. The zero-order valence-corrected chi connectivity index (χ0v) is 17.6. The molecule has 0 radical (unpaired) electrons. The number of fused-ring (bicyclic) bond motifs is 1. The van der Waals surface area contributed by atoms with Crippen molar-refractivity contribution in [1.82, 2.24) is 14.9 Å². The van der Waals surface area contributed by atoms with Gasteiger partial charge in [-0.15, -0.1) is 0 Å². The molecule has 32 heavy (non-hydrogen) atoms. The van der Waals surface area contributed by atoms with Gasteiger partial charge < -0.3 is 19.5 Å². The first-order chi connectivity index (χ1) is 15.4. The van der Waals surface area contributed by atoms with Gasteiger partial charge in [0.05, 0.1) is 24.2 Å². The van der Waals surface area contributed by atoms with Crippen LogP contribution in [-0.2, 0) is 16.1 Å². The Kier molecular flexibility index (Phi) is 7.58. The number of amides is 1. The Morgan fingerprint density at radius 3 is 2.50 bits per heavy atom. The summed E-state index contributed by atoms with van der Waals surface area (Å²) in [6, 6.07) is 11.1. The van der Waals surface area contributed by atoms with Crippen LogP contribution in [0.1, 0.15) is 36.6 Å². The van der Waals surface area contributed by atoms with Crippen LogP contribution >= 0.6 is 0 Å². The van der Waals surface area contributed by atoms with E-state index in [2.05, 4.69) is 10.3 Å². The number of para-hydroxylation sites is 2. The van der Waals surface area contributed by atoms with Gasteiger partial charge in [-0.05, 0) is 44.2 Å². The number of carbonyl (C=O) groups excluding carboxylic acids is 2. The largest absolute Gasteiger partial charge is 0.490 e. The molecule has 1 amide bonds. The van der Waals surface area contributed by atoms with E-state index in [1.807, 2.05) is 6.92 Å². The van der Waals surface area contributed by atoms with Gasteiger partial charge in [0.15, 0.2) is 17.3 Å². The number of esters is 1. The third-order valence-electron chi connectivity index (χ3n) is 4.43. The lowest BCUT2D eigenvalue weighted by Gasteiger charge is -2.12. The van der Waals surface area contributed by atoms with E-state index in [0.29, 0.717) is 34.8 Å². The highest BCUT2D eigenvalue weighted by atomic mass is 19.3. The third kappa shape index (κ3) is 5.32. The van der Waals surface area contributed by atoms with Crippen molar-refractivity contribution in [2.45, 2.75) is 27.0 Å². The number of carbonyl (C=O) groups is 2. The minimum absolute atomic E-state index is 0.0891. The van der Waals surface area contributed by atoms with Crippen LogP contribution in [0.3, 0.4) is 0 Å². The molecule has 0 atom stereocenters.